The van der Waals surface area contributed by atoms with Crippen molar-refractivity contribution in [2.45, 2.75) is 19.4 Å². The molecule has 1 aliphatic rings. The minimum Gasteiger partial charge on any atom is -0.507 e. The third-order valence-electron chi connectivity index (χ3n) is 4.59. The van der Waals surface area contributed by atoms with Crippen LogP contribution >= 0.6 is 15.9 Å². The summed E-state index contributed by atoms with van der Waals surface area (Å²) in [6.07, 6.45) is 0.574. The van der Waals surface area contributed by atoms with Crippen LogP contribution in [0.1, 0.15) is 33.2 Å². The number of nitrogens with one attached hydrogen (secondary N) is 1. The second kappa shape index (κ2) is 9.21. The lowest BCUT2D eigenvalue weighted by Crippen LogP contribution is -2.40. The smallest absolute Gasteiger partial charge is 0.255 e. The Morgan fingerprint density at radius 3 is 2.71 bits per heavy atom. The Morgan fingerprint density at radius 1 is 1.21 bits per heavy atom. The van der Waals surface area contributed by atoms with E-state index in [2.05, 4.69) is 21.2 Å². The summed E-state index contributed by atoms with van der Waals surface area (Å²) in [7, 11) is 0. The molecule has 0 aliphatic carbocycles. The summed E-state index contributed by atoms with van der Waals surface area (Å²) >= 11 is 3.30. The van der Waals surface area contributed by atoms with Crippen molar-refractivity contribution in [3.63, 3.8) is 0 Å². The van der Waals surface area contributed by atoms with Crippen LogP contribution < -0.4 is 5.32 Å². The van der Waals surface area contributed by atoms with E-state index in [4.69, 9.17) is 4.74 Å². The maximum absolute atomic E-state index is 12.6. The first-order valence-corrected chi connectivity index (χ1v) is 9.98. The number of phenolic OH excluding ortho intramolecular Hbond substituents is 1. The van der Waals surface area contributed by atoms with E-state index in [0.717, 1.165) is 10.0 Å². The maximum Gasteiger partial charge on any atom is 0.255 e. The van der Waals surface area contributed by atoms with Crippen LogP contribution in [0.3, 0.4) is 0 Å². The Balaban J connectivity index is 1.64. The minimum absolute atomic E-state index is 0.000830. The number of ether oxygens (including phenoxy) is 1. The molecule has 2 N–H and O–H groups in total. The zero-order chi connectivity index (χ0) is 20.1. The van der Waals surface area contributed by atoms with Crippen LogP contribution in [0.4, 0.5) is 0 Å². The van der Waals surface area contributed by atoms with Gasteiger partial charge >= 0.3 is 0 Å². The highest BCUT2D eigenvalue weighted by atomic mass is 79.9. The van der Waals surface area contributed by atoms with Crippen molar-refractivity contribution in [3.8, 4) is 5.75 Å². The van der Waals surface area contributed by atoms with Crippen molar-refractivity contribution in [2.75, 3.05) is 26.3 Å². The molecule has 2 amide bonds. The van der Waals surface area contributed by atoms with Crippen molar-refractivity contribution < 1.29 is 19.4 Å². The molecule has 0 saturated carbocycles. The van der Waals surface area contributed by atoms with Gasteiger partial charge in [0.15, 0.2) is 0 Å². The van der Waals surface area contributed by atoms with Gasteiger partial charge in [-0.1, -0.05) is 28.1 Å². The van der Waals surface area contributed by atoms with Gasteiger partial charge in [-0.05, 0) is 49.2 Å². The highest BCUT2D eigenvalue weighted by molar-refractivity contribution is 9.10. The summed E-state index contributed by atoms with van der Waals surface area (Å²) in [5, 5.41) is 12.8. The van der Waals surface area contributed by atoms with Gasteiger partial charge in [0.25, 0.3) is 11.8 Å². The van der Waals surface area contributed by atoms with Crippen LogP contribution in [0, 0.1) is 0 Å². The van der Waals surface area contributed by atoms with Crippen molar-refractivity contribution >= 4 is 27.7 Å². The van der Waals surface area contributed by atoms with Crippen molar-refractivity contribution in [3.05, 3.63) is 63.6 Å². The fourth-order valence-electron chi connectivity index (χ4n) is 3.18. The predicted molar refractivity (Wildman–Crippen MR) is 110 cm³/mol. The van der Waals surface area contributed by atoms with Crippen molar-refractivity contribution in [1.29, 1.82) is 0 Å². The molecule has 0 radical (unpaired) electrons. The topological polar surface area (TPSA) is 78.9 Å². The number of carbonyl (C=O) groups excluding carboxylic acids is 2. The highest BCUT2D eigenvalue weighted by Gasteiger charge is 2.19. The number of hydrogen-bond acceptors (Lipinski definition) is 4. The van der Waals surface area contributed by atoms with E-state index >= 15 is 0 Å². The Labute approximate surface area is 172 Å². The second-order valence-corrected chi connectivity index (χ2v) is 7.76. The molecule has 2 aromatic rings. The van der Waals surface area contributed by atoms with Gasteiger partial charge in [-0.25, -0.2) is 0 Å². The number of hydrogen-bond donors (Lipinski definition) is 2. The molecule has 2 aromatic carbocycles. The molecule has 1 unspecified atom stereocenters. The molecule has 0 bridgehead atoms. The molecule has 0 spiro atoms. The Morgan fingerprint density at radius 2 is 1.96 bits per heavy atom. The molecule has 6 nitrogen and oxygen atoms in total. The zero-order valence-electron chi connectivity index (χ0n) is 15.7. The summed E-state index contributed by atoms with van der Waals surface area (Å²) in [4.78, 5) is 26.9. The van der Waals surface area contributed by atoms with E-state index in [-0.39, 0.29) is 29.2 Å². The number of nitrogens with zero attached hydrogens (tertiary/aromatic N) is 1. The highest BCUT2D eigenvalue weighted by Crippen LogP contribution is 2.22. The quantitative estimate of drug-likeness (QED) is 0.739. The van der Waals surface area contributed by atoms with Gasteiger partial charge in [-0.3, -0.25) is 9.59 Å². The normalized spacial score (nSPS) is 15.1. The van der Waals surface area contributed by atoms with E-state index < -0.39 is 0 Å². The van der Waals surface area contributed by atoms with E-state index in [0.29, 0.717) is 38.3 Å². The van der Waals surface area contributed by atoms with Gasteiger partial charge in [0.05, 0.1) is 18.8 Å². The molecule has 3 rings (SSSR count). The first-order chi connectivity index (χ1) is 13.4. The molecule has 1 fully saturated rings. The molecular formula is C21H23BrN2O4. The molecule has 148 valence electrons. The SMILES string of the molecule is CC(Cc1cccc(C(=O)N2CCOCC2)c1)NC(=O)c1cc(Br)ccc1O. The van der Waals surface area contributed by atoms with Crippen LogP contribution in [0.15, 0.2) is 46.9 Å². The number of rotatable bonds is 5. The number of morpholine rings is 1. The second-order valence-electron chi connectivity index (χ2n) is 6.85. The number of halogens is 1. The summed E-state index contributed by atoms with van der Waals surface area (Å²) in [5.41, 5.74) is 1.82. The van der Waals surface area contributed by atoms with Crippen LogP contribution in [0.2, 0.25) is 0 Å². The lowest BCUT2D eigenvalue weighted by molar-refractivity contribution is 0.0303. The van der Waals surface area contributed by atoms with Crippen LogP contribution in [-0.2, 0) is 11.2 Å². The summed E-state index contributed by atoms with van der Waals surface area (Å²) in [6.45, 7) is 4.23. The number of carbonyl (C=O) groups is 2. The standard InChI is InChI=1S/C21H23BrN2O4/c1-14(23-20(26)18-13-17(22)5-6-19(18)25)11-15-3-2-4-16(12-15)21(27)24-7-9-28-10-8-24/h2-6,12-14,25H,7-11H2,1H3,(H,23,26). The van der Waals surface area contributed by atoms with Gasteiger partial charge in [-0.2, -0.15) is 0 Å². The summed E-state index contributed by atoms with van der Waals surface area (Å²) < 4.78 is 6.02. The molecular weight excluding hydrogens is 424 g/mol. The monoisotopic (exact) mass is 446 g/mol. The first-order valence-electron chi connectivity index (χ1n) is 9.19. The van der Waals surface area contributed by atoms with E-state index in [1.165, 1.54) is 6.07 Å². The maximum atomic E-state index is 12.6. The van der Waals surface area contributed by atoms with Crippen LogP contribution in [-0.4, -0.2) is 54.2 Å². The molecule has 1 saturated heterocycles. The van der Waals surface area contributed by atoms with Gasteiger partial charge in [0.2, 0.25) is 0 Å². The average molecular weight is 447 g/mol. The predicted octanol–water partition coefficient (Wildman–Crippen LogP) is 2.99. The zero-order valence-corrected chi connectivity index (χ0v) is 17.2. The lowest BCUT2D eigenvalue weighted by atomic mass is 10.0. The number of phenols is 1. The van der Waals surface area contributed by atoms with Gasteiger partial charge in [0.1, 0.15) is 5.75 Å². The van der Waals surface area contributed by atoms with E-state index in [1.807, 2.05) is 31.2 Å². The molecule has 1 heterocycles. The fourth-order valence-corrected chi connectivity index (χ4v) is 3.54. The number of benzene rings is 2. The van der Waals surface area contributed by atoms with Gasteiger partial charge < -0.3 is 20.1 Å². The van der Waals surface area contributed by atoms with Crippen LogP contribution in [0.5, 0.6) is 5.75 Å². The summed E-state index contributed by atoms with van der Waals surface area (Å²) in [5.74, 6) is -0.404. The number of amides is 2. The third kappa shape index (κ3) is 5.11. The van der Waals surface area contributed by atoms with Gasteiger partial charge in [-0.15, -0.1) is 0 Å². The Hall–Kier alpha value is -2.38. The van der Waals surface area contributed by atoms with Crippen molar-refractivity contribution in [1.82, 2.24) is 10.2 Å². The Bertz CT molecular complexity index is 865. The van der Waals surface area contributed by atoms with Gasteiger partial charge in [0, 0.05) is 29.2 Å². The average Bonchev–Trinajstić information content (AvgIpc) is 2.70. The lowest BCUT2D eigenvalue weighted by Gasteiger charge is -2.27. The molecule has 1 atom stereocenters. The minimum atomic E-state index is -0.341. The van der Waals surface area contributed by atoms with Crippen molar-refractivity contribution in [2.24, 2.45) is 0 Å². The molecule has 28 heavy (non-hydrogen) atoms. The first kappa shape index (κ1) is 20.4. The van der Waals surface area contributed by atoms with E-state index in [9.17, 15) is 14.7 Å². The molecule has 7 heteroatoms. The Kier molecular flexibility index (Phi) is 6.70. The largest absolute Gasteiger partial charge is 0.507 e. The molecule has 1 aliphatic heterocycles. The summed E-state index contributed by atoms with van der Waals surface area (Å²) in [6, 6.07) is 12.0. The van der Waals surface area contributed by atoms with Crippen LogP contribution in [0.25, 0.3) is 0 Å². The molecule has 0 aromatic heterocycles. The van der Waals surface area contributed by atoms with E-state index in [1.54, 1.807) is 17.0 Å². The third-order valence-corrected chi connectivity index (χ3v) is 5.09. The fraction of sp³-hybridized carbons (Fsp3) is 0.333. The number of aromatic hydroxyl groups is 1.